The van der Waals surface area contributed by atoms with Gasteiger partial charge in [0.05, 0.1) is 7.11 Å². The van der Waals surface area contributed by atoms with Gasteiger partial charge in [0.1, 0.15) is 10.8 Å². The SMILES string of the molecule is COc1cccc(Sc2cccc(O)c2)n1. The van der Waals surface area contributed by atoms with Gasteiger partial charge in [-0.15, -0.1) is 0 Å². The Morgan fingerprint density at radius 3 is 2.75 bits per heavy atom. The molecule has 0 fully saturated rings. The van der Waals surface area contributed by atoms with Crippen LogP contribution in [0.15, 0.2) is 52.4 Å². The predicted octanol–water partition coefficient (Wildman–Crippen LogP) is 2.95. The molecular weight excluding hydrogens is 222 g/mol. The van der Waals surface area contributed by atoms with E-state index in [2.05, 4.69) is 4.98 Å². The Labute approximate surface area is 98.1 Å². The number of ether oxygens (including phenoxy) is 1. The van der Waals surface area contributed by atoms with Crippen molar-refractivity contribution < 1.29 is 9.84 Å². The zero-order valence-electron chi connectivity index (χ0n) is 8.75. The summed E-state index contributed by atoms with van der Waals surface area (Å²) in [4.78, 5) is 5.22. The highest BCUT2D eigenvalue weighted by molar-refractivity contribution is 7.99. The first-order valence-electron chi connectivity index (χ1n) is 4.76. The molecule has 0 atom stereocenters. The fraction of sp³-hybridized carbons (Fsp3) is 0.0833. The van der Waals surface area contributed by atoms with Crippen LogP contribution in [0.3, 0.4) is 0 Å². The van der Waals surface area contributed by atoms with Crippen molar-refractivity contribution in [3.63, 3.8) is 0 Å². The third-order valence-corrected chi connectivity index (χ3v) is 2.87. The van der Waals surface area contributed by atoms with Crippen molar-refractivity contribution in [2.24, 2.45) is 0 Å². The normalized spacial score (nSPS) is 10.1. The molecule has 0 aliphatic carbocycles. The third-order valence-electron chi connectivity index (χ3n) is 1.95. The molecule has 0 saturated heterocycles. The van der Waals surface area contributed by atoms with Crippen molar-refractivity contribution in [2.45, 2.75) is 9.92 Å². The number of methoxy groups -OCH3 is 1. The van der Waals surface area contributed by atoms with Crippen LogP contribution in [0.2, 0.25) is 0 Å². The Morgan fingerprint density at radius 2 is 2.00 bits per heavy atom. The van der Waals surface area contributed by atoms with E-state index in [9.17, 15) is 5.11 Å². The van der Waals surface area contributed by atoms with Gasteiger partial charge in [-0.1, -0.05) is 23.9 Å². The van der Waals surface area contributed by atoms with Crippen LogP contribution in [0.5, 0.6) is 11.6 Å². The number of hydrogen-bond acceptors (Lipinski definition) is 4. The highest BCUT2D eigenvalue weighted by Crippen LogP contribution is 2.29. The topological polar surface area (TPSA) is 42.4 Å². The second-order valence-corrected chi connectivity index (χ2v) is 4.21. The lowest BCUT2D eigenvalue weighted by molar-refractivity contribution is 0.394. The molecule has 0 aliphatic rings. The molecule has 4 heteroatoms. The lowest BCUT2D eigenvalue weighted by Gasteiger charge is -2.03. The molecule has 0 spiro atoms. The summed E-state index contributed by atoms with van der Waals surface area (Å²) >= 11 is 1.48. The van der Waals surface area contributed by atoms with E-state index >= 15 is 0 Å². The van der Waals surface area contributed by atoms with E-state index < -0.39 is 0 Å². The second-order valence-electron chi connectivity index (χ2n) is 3.12. The number of pyridine rings is 1. The largest absolute Gasteiger partial charge is 0.508 e. The van der Waals surface area contributed by atoms with Gasteiger partial charge in [0.25, 0.3) is 0 Å². The number of rotatable bonds is 3. The van der Waals surface area contributed by atoms with Crippen LogP contribution in [0.25, 0.3) is 0 Å². The first kappa shape index (κ1) is 10.8. The molecular formula is C12H11NO2S. The number of hydrogen-bond donors (Lipinski definition) is 1. The van der Waals surface area contributed by atoms with Gasteiger partial charge in [-0.3, -0.25) is 0 Å². The van der Waals surface area contributed by atoms with Gasteiger partial charge in [-0.2, -0.15) is 0 Å². The van der Waals surface area contributed by atoms with Crippen LogP contribution < -0.4 is 4.74 Å². The smallest absolute Gasteiger partial charge is 0.213 e. The average Bonchev–Trinajstić information content (AvgIpc) is 2.29. The summed E-state index contributed by atoms with van der Waals surface area (Å²) in [5.74, 6) is 0.845. The number of aromatic hydroxyl groups is 1. The highest BCUT2D eigenvalue weighted by atomic mass is 32.2. The van der Waals surface area contributed by atoms with Crippen LogP contribution in [0.4, 0.5) is 0 Å². The molecule has 2 rings (SSSR count). The first-order valence-corrected chi connectivity index (χ1v) is 5.57. The summed E-state index contributed by atoms with van der Waals surface area (Å²) in [6.45, 7) is 0. The van der Waals surface area contributed by atoms with E-state index in [0.29, 0.717) is 5.88 Å². The lowest BCUT2D eigenvalue weighted by Crippen LogP contribution is -1.87. The Balaban J connectivity index is 2.20. The predicted molar refractivity (Wildman–Crippen MR) is 63.0 cm³/mol. The third kappa shape index (κ3) is 2.67. The van der Waals surface area contributed by atoms with Gasteiger partial charge < -0.3 is 9.84 Å². The van der Waals surface area contributed by atoms with E-state index in [-0.39, 0.29) is 5.75 Å². The Kier molecular flexibility index (Phi) is 3.31. The summed E-state index contributed by atoms with van der Waals surface area (Å²) in [6, 6.07) is 12.7. The zero-order valence-corrected chi connectivity index (χ0v) is 9.57. The van der Waals surface area contributed by atoms with Crippen LogP contribution >= 0.6 is 11.8 Å². The van der Waals surface area contributed by atoms with Crippen LogP contribution in [0, 0.1) is 0 Å². The van der Waals surface area contributed by atoms with Crippen molar-refractivity contribution in [1.82, 2.24) is 4.98 Å². The van der Waals surface area contributed by atoms with Gasteiger partial charge in [0.15, 0.2) is 0 Å². The molecule has 0 unspecified atom stereocenters. The molecule has 0 radical (unpaired) electrons. The van der Waals surface area contributed by atoms with Crippen LogP contribution in [-0.4, -0.2) is 17.2 Å². The highest BCUT2D eigenvalue weighted by Gasteiger charge is 2.01. The van der Waals surface area contributed by atoms with E-state index in [1.807, 2.05) is 18.2 Å². The minimum Gasteiger partial charge on any atom is -0.508 e. The van der Waals surface area contributed by atoms with Crippen molar-refractivity contribution >= 4 is 11.8 Å². The van der Waals surface area contributed by atoms with E-state index in [0.717, 1.165) is 9.92 Å². The second kappa shape index (κ2) is 4.90. The monoisotopic (exact) mass is 233 g/mol. The summed E-state index contributed by atoms with van der Waals surface area (Å²) in [7, 11) is 1.59. The lowest BCUT2D eigenvalue weighted by atomic mass is 10.3. The van der Waals surface area contributed by atoms with Gasteiger partial charge in [0.2, 0.25) is 5.88 Å². The van der Waals surface area contributed by atoms with Crippen LogP contribution in [-0.2, 0) is 0 Å². The number of phenolic OH excluding ortho intramolecular Hbond substituents is 1. The van der Waals surface area contributed by atoms with Gasteiger partial charge in [-0.05, 0) is 24.3 Å². The minimum absolute atomic E-state index is 0.257. The molecule has 16 heavy (non-hydrogen) atoms. The van der Waals surface area contributed by atoms with Crippen molar-refractivity contribution in [3.8, 4) is 11.6 Å². The van der Waals surface area contributed by atoms with E-state index in [1.54, 1.807) is 31.4 Å². The Bertz CT molecular complexity index is 488. The molecule has 3 nitrogen and oxygen atoms in total. The molecule has 2 aromatic rings. The van der Waals surface area contributed by atoms with Gasteiger partial charge in [-0.25, -0.2) is 4.98 Å². The summed E-state index contributed by atoms with van der Waals surface area (Å²) in [5, 5.41) is 10.2. The average molecular weight is 233 g/mol. The van der Waals surface area contributed by atoms with Crippen molar-refractivity contribution in [1.29, 1.82) is 0 Å². The standard InChI is InChI=1S/C12H11NO2S/c1-15-11-6-3-7-12(13-11)16-10-5-2-4-9(14)8-10/h2-8,14H,1H3. The molecule has 0 aliphatic heterocycles. The van der Waals surface area contributed by atoms with Crippen LogP contribution in [0.1, 0.15) is 0 Å². The molecule has 0 saturated carbocycles. The zero-order chi connectivity index (χ0) is 11.4. The van der Waals surface area contributed by atoms with Crippen molar-refractivity contribution in [2.75, 3.05) is 7.11 Å². The number of nitrogens with zero attached hydrogens (tertiary/aromatic N) is 1. The molecule has 1 aromatic carbocycles. The summed E-state index contributed by atoms with van der Waals surface area (Å²) < 4.78 is 5.04. The van der Waals surface area contributed by atoms with Gasteiger partial charge in [0, 0.05) is 11.0 Å². The molecule has 1 aromatic heterocycles. The van der Waals surface area contributed by atoms with Crippen molar-refractivity contribution in [3.05, 3.63) is 42.5 Å². The van der Waals surface area contributed by atoms with Gasteiger partial charge >= 0.3 is 0 Å². The van der Waals surface area contributed by atoms with E-state index in [4.69, 9.17) is 4.74 Å². The Morgan fingerprint density at radius 1 is 1.19 bits per heavy atom. The van der Waals surface area contributed by atoms with E-state index in [1.165, 1.54) is 11.8 Å². The molecule has 0 bridgehead atoms. The first-order chi connectivity index (χ1) is 7.78. The maximum absolute atomic E-state index is 9.33. The molecule has 82 valence electrons. The number of aromatic nitrogens is 1. The maximum atomic E-state index is 9.33. The summed E-state index contributed by atoms with van der Waals surface area (Å²) in [5.41, 5.74) is 0. The fourth-order valence-electron chi connectivity index (χ4n) is 1.23. The Hall–Kier alpha value is -1.68. The molecule has 1 N–H and O–H groups in total. The maximum Gasteiger partial charge on any atom is 0.213 e. The quantitative estimate of drug-likeness (QED) is 0.885. The minimum atomic E-state index is 0.257. The fourth-order valence-corrected chi connectivity index (χ4v) is 2.08. The number of benzene rings is 1. The molecule has 0 amide bonds. The molecule has 1 heterocycles. The number of phenols is 1. The summed E-state index contributed by atoms with van der Waals surface area (Å²) in [6.07, 6.45) is 0.